The number of aliphatic hydroxyl groups is 1. The summed E-state index contributed by atoms with van der Waals surface area (Å²) in [6.07, 6.45) is 4.56. The quantitative estimate of drug-likeness (QED) is 0.637. The van der Waals surface area contributed by atoms with Crippen LogP contribution in [0.4, 0.5) is 0 Å². The van der Waals surface area contributed by atoms with Crippen molar-refractivity contribution in [2.24, 2.45) is 0 Å². The molecule has 4 nitrogen and oxygen atoms in total. The average molecular weight is 286 g/mol. The standard InChI is InChI=1S/C16H34N2O2/c1-5-15-12-20-11-10-18(15)9-7-6-8-16(4,13-19)17-14(2)3/h14-15,17,19H,5-13H2,1-4H3. The molecule has 120 valence electrons. The van der Waals surface area contributed by atoms with Gasteiger partial charge in [0.1, 0.15) is 0 Å². The van der Waals surface area contributed by atoms with Crippen molar-refractivity contribution in [1.29, 1.82) is 0 Å². The van der Waals surface area contributed by atoms with Crippen molar-refractivity contribution in [2.45, 2.75) is 71.0 Å². The van der Waals surface area contributed by atoms with E-state index in [2.05, 4.69) is 37.9 Å². The fourth-order valence-corrected chi connectivity index (χ4v) is 3.08. The molecule has 0 radical (unpaired) electrons. The zero-order chi connectivity index (χ0) is 15.0. The molecular weight excluding hydrogens is 252 g/mol. The van der Waals surface area contributed by atoms with Gasteiger partial charge < -0.3 is 15.2 Å². The van der Waals surface area contributed by atoms with Crippen LogP contribution >= 0.6 is 0 Å². The Morgan fingerprint density at radius 1 is 1.40 bits per heavy atom. The predicted octanol–water partition coefficient (Wildman–Crippen LogP) is 2.02. The monoisotopic (exact) mass is 286 g/mol. The van der Waals surface area contributed by atoms with E-state index in [0.29, 0.717) is 12.1 Å². The van der Waals surface area contributed by atoms with Crippen LogP contribution in [0.5, 0.6) is 0 Å². The zero-order valence-electron chi connectivity index (χ0n) is 13.8. The van der Waals surface area contributed by atoms with Gasteiger partial charge in [-0.3, -0.25) is 4.90 Å². The van der Waals surface area contributed by atoms with Crippen molar-refractivity contribution >= 4 is 0 Å². The highest BCUT2D eigenvalue weighted by molar-refractivity contribution is 4.84. The van der Waals surface area contributed by atoms with E-state index in [4.69, 9.17) is 4.74 Å². The van der Waals surface area contributed by atoms with Gasteiger partial charge in [-0.15, -0.1) is 0 Å². The van der Waals surface area contributed by atoms with Gasteiger partial charge in [0.2, 0.25) is 0 Å². The van der Waals surface area contributed by atoms with Crippen molar-refractivity contribution in [1.82, 2.24) is 10.2 Å². The molecule has 0 aliphatic carbocycles. The third-order valence-electron chi connectivity index (χ3n) is 4.23. The molecule has 1 fully saturated rings. The molecule has 1 aliphatic rings. The maximum absolute atomic E-state index is 9.57. The summed E-state index contributed by atoms with van der Waals surface area (Å²) in [5, 5.41) is 13.1. The number of morpholine rings is 1. The first-order valence-corrected chi connectivity index (χ1v) is 8.21. The number of hydrogen-bond donors (Lipinski definition) is 2. The van der Waals surface area contributed by atoms with Crippen LogP contribution in [0.15, 0.2) is 0 Å². The van der Waals surface area contributed by atoms with Gasteiger partial charge in [0.05, 0.1) is 19.8 Å². The highest BCUT2D eigenvalue weighted by atomic mass is 16.5. The second-order valence-corrected chi connectivity index (χ2v) is 6.65. The minimum atomic E-state index is -0.136. The lowest BCUT2D eigenvalue weighted by molar-refractivity contribution is -0.00947. The smallest absolute Gasteiger partial charge is 0.0622 e. The Kier molecular flexibility index (Phi) is 8.03. The highest BCUT2D eigenvalue weighted by Crippen LogP contribution is 2.16. The minimum Gasteiger partial charge on any atom is -0.394 e. The topological polar surface area (TPSA) is 44.7 Å². The summed E-state index contributed by atoms with van der Waals surface area (Å²) in [5.41, 5.74) is -0.136. The van der Waals surface area contributed by atoms with E-state index in [1.807, 2.05) is 0 Å². The summed E-state index contributed by atoms with van der Waals surface area (Å²) < 4.78 is 5.54. The SMILES string of the molecule is CCC1COCCN1CCCCC(C)(CO)NC(C)C. The number of rotatable bonds is 9. The Bertz CT molecular complexity index is 261. The Hall–Kier alpha value is -0.160. The van der Waals surface area contributed by atoms with Crippen LogP contribution in [0, 0.1) is 0 Å². The minimum absolute atomic E-state index is 0.136. The molecule has 1 saturated heterocycles. The summed E-state index contributed by atoms with van der Waals surface area (Å²) >= 11 is 0. The number of nitrogens with zero attached hydrogens (tertiary/aromatic N) is 1. The summed E-state index contributed by atoms with van der Waals surface area (Å²) in [7, 11) is 0. The first-order chi connectivity index (χ1) is 9.50. The molecule has 4 heteroatoms. The summed E-state index contributed by atoms with van der Waals surface area (Å²) in [4.78, 5) is 2.57. The molecule has 1 aliphatic heterocycles. The maximum atomic E-state index is 9.57. The van der Waals surface area contributed by atoms with Crippen LogP contribution in [-0.4, -0.2) is 60.5 Å². The van der Waals surface area contributed by atoms with Gasteiger partial charge in [-0.05, 0) is 32.7 Å². The third kappa shape index (κ3) is 6.08. The number of aliphatic hydroxyl groups excluding tert-OH is 1. The molecule has 0 amide bonds. The van der Waals surface area contributed by atoms with Crippen molar-refractivity contribution < 1.29 is 9.84 Å². The van der Waals surface area contributed by atoms with E-state index in [0.717, 1.165) is 39.1 Å². The van der Waals surface area contributed by atoms with Crippen LogP contribution in [0.3, 0.4) is 0 Å². The molecule has 0 aromatic heterocycles. The van der Waals surface area contributed by atoms with E-state index in [-0.39, 0.29) is 12.1 Å². The summed E-state index contributed by atoms with van der Waals surface area (Å²) in [5.74, 6) is 0. The molecule has 20 heavy (non-hydrogen) atoms. The van der Waals surface area contributed by atoms with Gasteiger partial charge in [0.25, 0.3) is 0 Å². The lowest BCUT2D eigenvalue weighted by Gasteiger charge is -2.35. The normalized spacial score (nSPS) is 24.0. The molecule has 1 heterocycles. The number of ether oxygens (including phenoxy) is 1. The Balaban J connectivity index is 2.25. The van der Waals surface area contributed by atoms with E-state index in [9.17, 15) is 5.11 Å². The second-order valence-electron chi connectivity index (χ2n) is 6.65. The van der Waals surface area contributed by atoms with Crippen LogP contribution in [-0.2, 0) is 4.74 Å². The third-order valence-corrected chi connectivity index (χ3v) is 4.23. The Labute approximate surface area is 124 Å². The van der Waals surface area contributed by atoms with Gasteiger partial charge >= 0.3 is 0 Å². The first kappa shape index (κ1) is 17.9. The summed E-state index contributed by atoms with van der Waals surface area (Å²) in [6.45, 7) is 12.8. The van der Waals surface area contributed by atoms with Crippen molar-refractivity contribution in [2.75, 3.05) is 32.9 Å². The number of hydrogen-bond acceptors (Lipinski definition) is 4. The van der Waals surface area contributed by atoms with Crippen LogP contribution < -0.4 is 5.32 Å². The largest absolute Gasteiger partial charge is 0.394 e. The van der Waals surface area contributed by atoms with E-state index < -0.39 is 0 Å². The Morgan fingerprint density at radius 3 is 2.75 bits per heavy atom. The molecule has 2 atom stereocenters. The Morgan fingerprint density at radius 2 is 2.15 bits per heavy atom. The number of nitrogens with one attached hydrogen (secondary N) is 1. The molecular formula is C16H34N2O2. The summed E-state index contributed by atoms with van der Waals surface area (Å²) in [6, 6.07) is 1.01. The molecule has 0 aromatic carbocycles. The second kappa shape index (κ2) is 8.98. The van der Waals surface area contributed by atoms with E-state index >= 15 is 0 Å². The molecule has 2 N–H and O–H groups in total. The van der Waals surface area contributed by atoms with Gasteiger partial charge in [-0.1, -0.05) is 27.2 Å². The van der Waals surface area contributed by atoms with Crippen molar-refractivity contribution in [3.05, 3.63) is 0 Å². The fraction of sp³-hybridized carbons (Fsp3) is 1.00. The molecule has 0 spiro atoms. The molecule has 0 bridgehead atoms. The zero-order valence-corrected chi connectivity index (χ0v) is 13.8. The molecule has 0 aromatic rings. The molecule has 0 saturated carbocycles. The molecule has 1 rings (SSSR count). The lowest BCUT2D eigenvalue weighted by Crippen LogP contribution is -2.49. The van der Waals surface area contributed by atoms with Crippen LogP contribution in [0.25, 0.3) is 0 Å². The van der Waals surface area contributed by atoms with E-state index in [1.165, 1.54) is 12.8 Å². The van der Waals surface area contributed by atoms with Gasteiger partial charge in [0, 0.05) is 24.2 Å². The molecule has 2 unspecified atom stereocenters. The maximum Gasteiger partial charge on any atom is 0.0622 e. The first-order valence-electron chi connectivity index (χ1n) is 8.21. The average Bonchev–Trinajstić information content (AvgIpc) is 2.43. The van der Waals surface area contributed by atoms with E-state index in [1.54, 1.807) is 0 Å². The van der Waals surface area contributed by atoms with Crippen molar-refractivity contribution in [3.8, 4) is 0 Å². The van der Waals surface area contributed by atoms with Gasteiger partial charge in [-0.25, -0.2) is 0 Å². The van der Waals surface area contributed by atoms with Crippen LogP contribution in [0.2, 0.25) is 0 Å². The van der Waals surface area contributed by atoms with Crippen LogP contribution in [0.1, 0.15) is 53.4 Å². The van der Waals surface area contributed by atoms with Gasteiger partial charge in [-0.2, -0.15) is 0 Å². The number of unbranched alkanes of at least 4 members (excludes halogenated alkanes) is 1. The van der Waals surface area contributed by atoms with Crippen molar-refractivity contribution in [3.63, 3.8) is 0 Å². The fourth-order valence-electron chi connectivity index (χ4n) is 3.08. The lowest BCUT2D eigenvalue weighted by atomic mass is 9.94. The predicted molar refractivity (Wildman–Crippen MR) is 84.1 cm³/mol. The highest BCUT2D eigenvalue weighted by Gasteiger charge is 2.24. The van der Waals surface area contributed by atoms with Gasteiger partial charge in [0.15, 0.2) is 0 Å².